The van der Waals surface area contributed by atoms with Crippen LogP contribution < -0.4 is 15.0 Å². The topological polar surface area (TPSA) is 41.6 Å². The lowest BCUT2D eigenvalue weighted by molar-refractivity contribution is -0.0498. The minimum atomic E-state index is -2.87. The summed E-state index contributed by atoms with van der Waals surface area (Å²) in [5, 5.41) is 2.99. The summed E-state index contributed by atoms with van der Waals surface area (Å²) in [5.41, 5.74) is 1.52. The molecule has 1 aliphatic rings. The molecule has 1 N–H and O–H groups in total. The van der Waals surface area contributed by atoms with Crippen LogP contribution in [0.5, 0.6) is 5.75 Å². The highest BCUT2D eigenvalue weighted by atomic mass is 79.9. The van der Waals surface area contributed by atoms with Gasteiger partial charge in [-0.05, 0) is 58.7 Å². The molecule has 1 aliphatic heterocycles. The zero-order valence-corrected chi connectivity index (χ0v) is 14.9. The molecule has 1 fully saturated rings. The highest BCUT2D eigenvalue weighted by Crippen LogP contribution is 2.28. The van der Waals surface area contributed by atoms with Crippen molar-refractivity contribution in [3.05, 3.63) is 58.6 Å². The molecular weight excluding hydrogens is 394 g/mol. The summed E-state index contributed by atoms with van der Waals surface area (Å²) in [6.07, 6.45) is 0.847. The SMILES string of the molecule is O=C(NC1CCN(c2ccccc2Br)C1)c1ccc(OC(F)F)cc1. The van der Waals surface area contributed by atoms with Crippen LogP contribution in [-0.4, -0.2) is 31.7 Å². The molecule has 0 aliphatic carbocycles. The second-order valence-corrected chi connectivity index (χ2v) is 6.61. The molecule has 1 heterocycles. The van der Waals surface area contributed by atoms with E-state index < -0.39 is 6.61 Å². The van der Waals surface area contributed by atoms with Gasteiger partial charge in [-0.25, -0.2) is 0 Å². The molecule has 1 saturated heterocycles. The van der Waals surface area contributed by atoms with E-state index in [1.807, 2.05) is 24.3 Å². The number of carbonyl (C=O) groups is 1. The number of benzene rings is 2. The maximum atomic E-state index is 12.3. The molecule has 0 spiro atoms. The van der Waals surface area contributed by atoms with Gasteiger partial charge in [-0.2, -0.15) is 8.78 Å². The number of amides is 1. The van der Waals surface area contributed by atoms with Crippen LogP contribution in [-0.2, 0) is 0 Å². The van der Waals surface area contributed by atoms with Gasteiger partial charge >= 0.3 is 6.61 Å². The third kappa shape index (κ3) is 4.48. The van der Waals surface area contributed by atoms with Crippen molar-refractivity contribution in [1.29, 1.82) is 0 Å². The van der Waals surface area contributed by atoms with Crippen LogP contribution in [0.25, 0.3) is 0 Å². The van der Waals surface area contributed by atoms with Gasteiger partial charge in [0.05, 0.1) is 5.69 Å². The van der Waals surface area contributed by atoms with Crippen molar-refractivity contribution < 1.29 is 18.3 Å². The van der Waals surface area contributed by atoms with Crippen LogP contribution in [0.1, 0.15) is 16.8 Å². The van der Waals surface area contributed by atoms with E-state index in [0.717, 1.165) is 29.7 Å². The molecule has 132 valence electrons. The normalized spacial score (nSPS) is 17.0. The Bertz CT molecular complexity index is 740. The lowest BCUT2D eigenvalue weighted by Gasteiger charge is -2.20. The van der Waals surface area contributed by atoms with E-state index in [9.17, 15) is 13.6 Å². The van der Waals surface area contributed by atoms with Crippen molar-refractivity contribution in [2.45, 2.75) is 19.1 Å². The molecule has 0 aromatic heterocycles. The Morgan fingerprint density at radius 2 is 1.92 bits per heavy atom. The minimum absolute atomic E-state index is 0.0347. The summed E-state index contributed by atoms with van der Waals surface area (Å²) >= 11 is 3.54. The van der Waals surface area contributed by atoms with Crippen molar-refractivity contribution in [1.82, 2.24) is 5.32 Å². The molecule has 1 atom stereocenters. The van der Waals surface area contributed by atoms with E-state index in [1.165, 1.54) is 24.3 Å². The number of anilines is 1. The average molecular weight is 411 g/mol. The lowest BCUT2D eigenvalue weighted by atomic mass is 10.2. The number of alkyl halides is 2. The van der Waals surface area contributed by atoms with Crippen molar-refractivity contribution in [3.63, 3.8) is 0 Å². The Hall–Kier alpha value is -2.15. The first-order valence-corrected chi connectivity index (χ1v) is 8.67. The van der Waals surface area contributed by atoms with Crippen molar-refractivity contribution in [2.75, 3.05) is 18.0 Å². The molecular formula is C18H17BrF2N2O2. The number of nitrogens with one attached hydrogen (secondary N) is 1. The second-order valence-electron chi connectivity index (χ2n) is 5.76. The lowest BCUT2D eigenvalue weighted by Crippen LogP contribution is -2.37. The largest absolute Gasteiger partial charge is 0.435 e. The maximum Gasteiger partial charge on any atom is 0.387 e. The number of carbonyl (C=O) groups excluding carboxylic acids is 1. The number of ether oxygens (including phenoxy) is 1. The van der Waals surface area contributed by atoms with Crippen LogP contribution in [0, 0.1) is 0 Å². The fourth-order valence-corrected chi connectivity index (χ4v) is 3.40. The molecule has 25 heavy (non-hydrogen) atoms. The van der Waals surface area contributed by atoms with Crippen LogP contribution in [0.4, 0.5) is 14.5 Å². The van der Waals surface area contributed by atoms with Gasteiger partial charge in [0.25, 0.3) is 5.91 Å². The Morgan fingerprint density at radius 1 is 1.20 bits per heavy atom. The van der Waals surface area contributed by atoms with Gasteiger partial charge in [-0.3, -0.25) is 4.79 Å². The molecule has 3 rings (SSSR count). The van der Waals surface area contributed by atoms with E-state index in [0.29, 0.717) is 5.56 Å². The highest BCUT2D eigenvalue weighted by molar-refractivity contribution is 9.10. The number of rotatable bonds is 5. The standard InChI is InChI=1S/C18H17BrF2N2O2/c19-15-3-1-2-4-16(15)23-10-9-13(11-23)22-17(24)12-5-7-14(8-6-12)25-18(20)21/h1-8,13,18H,9-11H2,(H,22,24). The Morgan fingerprint density at radius 3 is 2.60 bits per heavy atom. The van der Waals surface area contributed by atoms with E-state index in [1.54, 1.807) is 0 Å². The third-order valence-corrected chi connectivity index (χ3v) is 4.73. The first-order valence-electron chi connectivity index (χ1n) is 7.88. The summed E-state index contributed by atoms with van der Waals surface area (Å²) in [4.78, 5) is 14.5. The zero-order chi connectivity index (χ0) is 17.8. The Kier molecular flexibility index (Phi) is 5.53. The Labute approximate surface area is 152 Å². The van der Waals surface area contributed by atoms with Gasteiger partial charge < -0.3 is 15.0 Å². The van der Waals surface area contributed by atoms with E-state index in [4.69, 9.17) is 0 Å². The molecule has 7 heteroatoms. The van der Waals surface area contributed by atoms with Gasteiger partial charge in [0, 0.05) is 29.2 Å². The number of nitrogens with zero attached hydrogens (tertiary/aromatic N) is 1. The number of para-hydroxylation sites is 1. The van der Waals surface area contributed by atoms with Gasteiger partial charge in [0.2, 0.25) is 0 Å². The van der Waals surface area contributed by atoms with Crippen LogP contribution in [0.3, 0.4) is 0 Å². The van der Waals surface area contributed by atoms with Crippen LogP contribution in [0.2, 0.25) is 0 Å². The molecule has 0 bridgehead atoms. The van der Waals surface area contributed by atoms with Crippen LogP contribution in [0.15, 0.2) is 53.0 Å². The van der Waals surface area contributed by atoms with E-state index in [2.05, 4.69) is 30.9 Å². The number of hydrogen-bond acceptors (Lipinski definition) is 3. The third-order valence-electron chi connectivity index (χ3n) is 4.06. The Balaban J connectivity index is 1.58. The quantitative estimate of drug-likeness (QED) is 0.807. The predicted molar refractivity (Wildman–Crippen MR) is 95.3 cm³/mol. The van der Waals surface area contributed by atoms with Crippen LogP contribution >= 0.6 is 15.9 Å². The number of halogens is 3. The molecule has 1 unspecified atom stereocenters. The fraction of sp³-hybridized carbons (Fsp3) is 0.278. The average Bonchev–Trinajstić information content (AvgIpc) is 3.03. The van der Waals surface area contributed by atoms with E-state index in [-0.39, 0.29) is 17.7 Å². The highest BCUT2D eigenvalue weighted by Gasteiger charge is 2.25. The molecule has 2 aromatic carbocycles. The summed E-state index contributed by atoms with van der Waals surface area (Å²) in [7, 11) is 0. The summed E-state index contributed by atoms with van der Waals surface area (Å²) in [6, 6.07) is 13.7. The summed E-state index contributed by atoms with van der Waals surface area (Å²) < 4.78 is 29.6. The maximum absolute atomic E-state index is 12.3. The summed E-state index contributed by atoms with van der Waals surface area (Å²) in [5.74, 6) is -0.185. The van der Waals surface area contributed by atoms with Crippen molar-refractivity contribution in [2.24, 2.45) is 0 Å². The first kappa shape index (κ1) is 17.7. The van der Waals surface area contributed by atoms with Crippen molar-refractivity contribution >= 4 is 27.5 Å². The number of hydrogen-bond donors (Lipinski definition) is 1. The molecule has 0 saturated carbocycles. The van der Waals surface area contributed by atoms with E-state index >= 15 is 0 Å². The fourth-order valence-electron chi connectivity index (χ4n) is 2.86. The molecule has 1 amide bonds. The first-order chi connectivity index (χ1) is 12.0. The van der Waals surface area contributed by atoms with Gasteiger partial charge in [-0.1, -0.05) is 12.1 Å². The van der Waals surface area contributed by atoms with Gasteiger partial charge in [0.15, 0.2) is 0 Å². The van der Waals surface area contributed by atoms with Crippen molar-refractivity contribution in [3.8, 4) is 5.75 Å². The zero-order valence-electron chi connectivity index (χ0n) is 13.3. The van der Waals surface area contributed by atoms with Gasteiger partial charge in [-0.15, -0.1) is 0 Å². The smallest absolute Gasteiger partial charge is 0.387 e. The predicted octanol–water partition coefficient (Wildman–Crippen LogP) is 4.06. The minimum Gasteiger partial charge on any atom is -0.435 e. The molecule has 2 aromatic rings. The van der Waals surface area contributed by atoms with Gasteiger partial charge in [0.1, 0.15) is 5.75 Å². The monoisotopic (exact) mass is 410 g/mol. The second kappa shape index (κ2) is 7.82. The molecule has 4 nitrogen and oxygen atoms in total. The summed E-state index contributed by atoms with van der Waals surface area (Å²) in [6.45, 7) is -1.29. The molecule has 0 radical (unpaired) electrons.